The molecule has 0 radical (unpaired) electrons. The number of allylic oxidation sites excluding steroid dienone is 1. The molecular weight excluding hydrogens is 330 g/mol. The van der Waals surface area contributed by atoms with Gasteiger partial charge in [-0.2, -0.15) is 0 Å². The van der Waals surface area contributed by atoms with Crippen LogP contribution in [0.25, 0.3) is 5.57 Å². The van der Waals surface area contributed by atoms with E-state index < -0.39 is 0 Å². The highest BCUT2D eigenvalue weighted by atomic mass is 32.2. The predicted octanol–water partition coefficient (Wildman–Crippen LogP) is 4.63. The van der Waals surface area contributed by atoms with E-state index in [1.54, 1.807) is 11.9 Å². The van der Waals surface area contributed by atoms with Crippen molar-refractivity contribution in [1.82, 2.24) is 9.88 Å². The lowest BCUT2D eigenvalue weighted by molar-refractivity contribution is -0.121. The highest BCUT2D eigenvalue weighted by Gasteiger charge is 2.32. The number of amides is 1. The molecule has 2 heterocycles. The Morgan fingerprint density at radius 1 is 1.12 bits per heavy atom. The van der Waals surface area contributed by atoms with Crippen LogP contribution >= 0.6 is 11.8 Å². The number of likely N-dealkylation sites (N-methyl/N-ethyl adjacent to an activating group) is 1. The zero-order chi connectivity index (χ0) is 18.1. The van der Waals surface area contributed by atoms with E-state index in [-0.39, 0.29) is 5.91 Å². The van der Waals surface area contributed by atoms with Gasteiger partial charge < -0.3 is 0 Å². The Hall–Kier alpha value is -2.40. The number of thioether (sulfide) groups is 1. The van der Waals surface area contributed by atoms with E-state index >= 15 is 0 Å². The van der Waals surface area contributed by atoms with Crippen LogP contribution in [0.1, 0.15) is 29.3 Å². The van der Waals surface area contributed by atoms with E-state index in [0.29, 0.717) is 11.0 Å². The van der Waals surface area contributed by atoms with Crippen LogP contribution in [-0.4, -0.2) is 28.0 Å². The number of carbonyl (C=O) groups excluding carboxylic acids is 1. The summed E-state index contributed by atoms with van der Waals surface area (Å²) in [5, 5.41) is 0.654. The van der Waals surface area contributed by atoms with E-state index in [1.165, 1.54) is 22.9 Å². The zero-order valence-corrected chi connectivity index (χ0v) is 15.9. The van der Waals surface area contributed by atoms with Gasteiger partial charge in [-0.3, -0.25) is 9.69 Å². The summed E-state index contributed by atoms with van der Waals surface area (Å²) in [4.78, 5) is 23.9. The lowest BCUT2D eigenvalue weighted by Gasteiger charge is -2.08. The quantitative estimate of drug-likeness (QED) is 0.741. The molecule has 0 aliphatic carbocycles. The monoisotopic (exact) mass is 351 g/mol. The van der Waals surface area contributed by atoms with Gasteiger partial charge in [0.2, 0.25) is 0 Å². The number of amidine groups is 1. The van der Waals surface area contributed by atoms with Crippen LogP contribution < -0.4 is 0 Å². The molecule has 25 heavy (non-hydrogen) atoms. The predicted molar refractivity (Wildman–Crippen MR) is 105 cm³/mol. The van der Waals surface area contributed by atoms with E-state index in [4.69, 9.17) is 0 Å². The van der Waals surface area contributed by atoms with Crippen LogP contribution in [0.5, 0.6) is 0 Å². The van der Waals surface area contributed by atoms with Crippen LogP contribution in [0.15, 0.2) is 46.3 Å². The minimum absolute atomic E-state index is 0.0212. The van der Waals surface area contributed by atoms with Crippen molar-refractivity contribution in [2.24, 2.45) is 4.99 Å². The largest absolute Gasteiger partial charge is 0.289 e. The Balaban J connectivity index is 1.98. The molecule has 2 aromatic rings. The summed E-state index contributed by atoms with van der Waals surface area (Å²) in [5.74, 6) is 0.597. The van der Waals surface area contributed by atoms with Crippen molar-refractivity contribution in [2.45, 2.75) is 27.7 Å². The van der Waals surface area contributed by atoms with Gasteiger partial charge in [0, 0.05) is 12.7 Å². The van der Waals surface area contributed by atoms with Crippen molar-refractivity contribution in [3.05, 3.63) is 63.7 Å². The molecule has 128 valence electrons. The Morgan fingerprint density at radius 2 is 1.88 bits per heavy atom. The molecule has 3 rings (SSSR count). The molecule has 1 aromatic heterocycles. The first-order chi connectivity index (χ1) is 11.9. The Morgan fingerprint density at radius 3 is 2.56 bits per heavy atom. The summed E-state index contributed by atoms with van der Waals surface area (Å²) >= 11 is 1.41. The molecule has 1 aliphatic rings. The third-order valence-electron chi connectivity index (χ3n) is 4.34. The first-order valence-electron chi connectivity index (χ1n) is 8.13. The Bertz CT molecular complexity index is 915. The van der Waals surface area contributed by atoms with Crippen LogP contribution in [0.4, 0.5) is 5.82 Å². The molecule has 0 saturated carbocycles. The maximum atomic E-state index is 12.7. The van der Waals surface area contributed by atoms with Gasteiger partial charge >= 0.3 is 0 Å². The maximum absolute atomic E-state index is 12.7. The third kappa shape index (κ3) is 3.51. The van der Waals surface area contributed by atoms with Crippen LogP contribution in [0, 0.1) is 20.8 Å². The number of rotatable bonds is 2. The lowest BCUT2D eigenvalue weighted by Crippen LogP contribution is -2.24. The van der Waals surface area contributed by atoms with Gasteiger partial charge in [-0.25, -0.2) is 9.98 Å². The van der Waals surface area contributed by atoms with Gasteiger partial charge in [-0.15, -0.1) is 0 Å². The molecule has 0 unspecified atom stereocenters. The second-order valence-corrected chi connectivity index (χ2v) is 7.23. The first-order valence-corrected chi connectivity index (χ1v) is 8.95. The fourth-order valence-electron chi connectivity index (χ4n) is 2.57. The molecule has 0 spiro atoms. The standard InChI is InChI=1S/C20H21N3OS/c1-12-9-10-16(11-13(12)2)15(4)18-19(24)23(5)20(25-18)22-17-8-6-7-14(3)21-17/h6-11H,1-5H3/b18-15-,22-20+. The van der Waals surface area contributed by atoms with Gasteiger partial charge in [0.05, 0.1) is 4.91 Å². The molecule has 1 amide bonds. The number of benzene rings is 1. The molecule has 1 aromatic carbocycles. The summed E-state index contributed by atoms with van der Waals surface area (Å²) in [5.41, 5.74) is 5.42. The summed E-state index contributed by atoms with van der Waals surface area (Å²) in [7, 11) is 1.75. The topological polar surface area (TPSA) is 45.6 Å². The number of aliphatic imine (C=N–C) groups is 1. The molecule has 0 bridgehead atoms. The van der Waals surface area contributed by atoms with Gasteiger partial charge in [0.25, 0.3) is 5.91 Å². The molecule has 1 saturated heterocycles. The number of pyridine rings is 1. The van der Waals surface area contributed by atoms with E-state index in [0.717, 1.165) is 21.7 Å². The summed E-state index contributed by atoms with van der Waals surface area (Å²) < 4.78 is 0. The summed E-state index contributed by atoms with van der Waals surface area (Å²) in [6.07, 6.45) is 0. The molecular formula is C20H21N3OS. The smallest absolute Gasteiger partial charge is 0.266 e. The van der Waals surface area contributed by atoms with Crippen molar-refractivity contribution < 1.29 is 4.79 Å². The van der Waals surface area contributed by atoms with Gasteiger partial charge in [-0.1, -0.05) is 24.3 Å². The van der Waals surface area contributed by atoms with E-state index in [2.05, 4.69) is 42.0 Å². The Kier molecular flexibility index (Phi) is 4.77. The number of hydrogen-bond acceptors (Lipinski definition) is 4. The van der Waals surface area contributed by atoms with Crippen molar-refractivity contribution >= 4 is 34.2 Å². The summed E-state index contributed by atoms with van der Waals surface area (Å²) in [6, 6.07) is 12.0. The normalized spacial score (nSPS) is 18.2. The number of aromatic nitrogens is 1. The van der Waals surface area contributed by atoms with Crippen LogP contribution in [0.2, 0.25) is 0 Å². The lowest BCUT2D eigenvalue weighted by atomic mass is 10.0. The molecule has 5 heteroatoms. The molecule has 0 N–H and O–H groups in total. The van der Waals surface area contributed by atoms with Gasteiger partial charge in [0.15, 0.2) is 11.0 Å². The fourth-order valence-corrected chi connectivity index (χ4v) is 3.61. The molecule has 4 nitrogen and oxygen atoms in total. The van der Waals surface area contributed by atoms with Crippen molar-refractivity contribution in [3.8, 4) is 0 Å². The number of carbonyl (C=O) groups is 1. The van der Waals surface area contributed by atoms with Crippen molar-refractivity contribution in [2.75, 3.05) is 7.05 Å². The number of aryl methyl sites for hydroxylation is 3. The SMILES string of the molecule is C/C(=C1/S/C(=N/c2cccc(C)n2)N(C)C1=O)c1ccc(C)c(C)c1. The van der Waals surface area contributed by atoms with Crippen LogP contribution in [-0.2, 0) is 4.79 Å². The van der Waals surface area contributed by atoms with E-state index in [9.17, 15) is 4.79 Å². The first kappa shape index (κ1) is 17.4. The second kappa shape index (κ2) is 6.84. The number of hydrogen-bond donors (Lipinski definition) is 0. The van der Waals surface area contributed by atoms with E-state index in [1.807, 2.05) is 32.0 Å². The zero-order valence-electron chi connectivity index (χ0n) is 15.1. The third-order valence-corrected chi connectivity index (χ3v) is 5.58. The van der Waals surface area contributed by atoms with Gasteiger partial charge in [-0.05, 0) is 73.9 Å². The van der Waals surface area contributed by atoms with Crippen molar-refractivity contribution in [3.63, 3.8) is 0 Å². The summed E-state index contributed by atoms with van der Waals surface area (Å²) in [6.45, 7) is 8.09. The second-order valence-electron chi connectivity index (χ2n) is 6.25. The minimum atomic E-state index is -0.0212. The fraction of sp³-hybridized carbons (Fsp3) is 0.250. The highest BCUT2D eigenvalue weighted by molar-refractivity contribution is 8.18. The highest BCUT2D eigenvalue weighted by Crippen LogP contribution is 2.37. The molecule has 1 fully saturated rings. The average Bonchev–Trinajstić information content (AvgIpc) is 2.85. The minimum Gasteiger partial charge on any atom is -0.289 e. The maximum Gasteiger partial charge on any atom is 0.266 e. The van der Waals surface area contributed by atoms with Crippen molar-refractivity contribution in [1.29, 1.82) is 0 Å². The molecule has 1 aliphatic heterocycles. The average molecular weight is 351 g/mol. The number of nitrogens with zero attached hydrogens (tertiary/aromatic N) is 3. The molecule has 0 atom stereocenters. The van der Waals surface area contributed by atoms with Crippen LogP contribution in [0.3, 0.4) is 0 Å². The van der Waals surface area contributed by atoms with Gasteiger partial charge in [0.1, 0.15) is 0 Å². The Labute approximate surface area is 152 Å².